The maximum absolute atomic E-state index is 6.54. The van der Waals surface area contributed by atoms with Crippen molar-refractivity contribution in [1.82, 2.24) is 0 Å². The van der Waals surface area contributed by atoms with Crippen LogP contribution in [0, 0.1) is 0 Å². The van der Waals surface area contributed by atoms with Gasteiger partial charge in [-0.2, -0.15) is 0 Å². The molecule has 0 radical (unpaired) electrons. The molecule has 2 aliphatic heterocycles. The Morgan fingerprint density at radius 2 is 0.690 bits per heavy atom. The van der Waals surface area contributed by atoms with Gasteiger partial charge < -0.3 is 9.47 Å². The number of ether oxygens (including phenoxy) is 2. The Morgan fingerprint density at radius 3 is 1.36 bits per heavy atom. The van der Waals surface area contributed by atoms with Crippen LogP contribution in [-0.2, 0) is 0 Å². The quantitative estimate of drug-likeness (QED) is 0.168. The van der Waals surface area contributed by atoms with E-state index in [0.717, 1.165) is 44.9 Å². The van der Waals surface area contributed by atoms with Gasteiger partial charge in [0.25, 0.3) is 0 Å². The van der Waals surface area contributed by atoms with Gasteiger partial charge in [-0.05, 0) is 124 Å². The molecule has 0 aliphatic carbocycles. The van der Waals surface area contributed by atoms with E-state index in [-0.39, 0.29) is 0 Å². The number of para-hydroxylation sites is 2. The first-order chi connectivity index (χ1) is 28.8. The number of rotatable bonds is 3. The van der Waals surface area contributed by atoms with Gasteiger partial charge in [-0.3, -0.25) is 0 Å². The van der Waals surface area contributed by atoms with Gasteiger partial charge in [-0.1, -0.05) is 158 Å². The molecular formula is C56H32O2. The lowest BCUT2D eigenvalue weighted by molar-refractivity contribution is 0.487. The molecule has 2 nitrogen and oxygen atoms in total. The molecule has 0 saturated heterocycles. The third kappa shape index (κ3) is 4.43. The fraction of sp³-hybridized carbons (Fsp3) is 0. The van der Waals surface area contributed by atoms with E-state index in [0.29, 0.717) is 0 Å². The highest BCUT2D eigenvalue weighted by molar-refractivity contribution is 6.23. The van der Waals surface area contributed by atoms with Crippen LogP contribution < -0.4 is 9.47 Å². The zero-order chi connectivity index (χ0) is 37.9. The molecule has 2 heteroatoms. The fourth-order valence-corrected chi connectivity index (χ4v) is 9.92. The number of benzene rings is 11. The van der Waals surface area contributed by atoms with Crippen LogP contribution in [0.3, 0.4) is 0 Å². The van der Waals surface area contributed by atoms with Crippen LogP contribution in [0.25, 0.3) is 109 Å². The van der Waals surface area contributed by atoms with Crippen molar-refractivity contribution in [1.29, 1.82) is 0 Å². The van der Waals surface area contributed by atoms with E-state index >= 15 is 0 Å². The second kappa shape index (κ2) is 11.9. The molecule has 2 heterocycles. The maximum Gasteiger partial charge on any atom is 0.135 e. The van der Waals surface area contributed by atoms with Gasteiger partial charge in [-0.25, -0.2) is 0 Å². The van der Waals surface area contributed by atoms with Crippen LogP contribution >= 0.6 is 0 Å². The summed E-state index contributed by atoms with van der Waals surface area (Å²) in [6, 6.07) is 70.5. The van der Waals surface area contributed by atoms with E-state index in [1.807, 2.05) is 12.1 Å². The van der Waals surface area contributed by atoms with Crippen molar-refractivity contribution in [2.75, 3.05) is 0 Å². The van der Waals surface area contributed by atoms with Crippen LogP contribution in [0.2, 0.25) is 0 Å². The highest BCUT2D eigenvalue weighted by Gasteiger charge is 2.25. The smallest absolute Gasteiger partial charge is 0.135 e. The summed E-state index contributed by atoms with van der Waals surface area (Å²) in [7, 11) is 0. The predicted octanol–water partition coefficient (Wildman–Crippen LogP) is 16.0. The topological polar surface area (TPSA) is 18.5 Å². The molecule has 0 unspecified atom stereocenters. The van der Waals surface area contributed by atoms with Crippen molar-refractivity contribution in [3.63, 3.8) is 0 Å². The van der Waals surface area contributed by atoms with Gasteiger partial charge in [0, 0.05) is 21.9 Å². The second-order valence-electron chi connectivity index (χ2n) is 15.5. The summed E-state index contributed by atoms with van der Waals surface area (Å²) in [6.07, 6.45) is 0. The van der Waals surface area contributed by atoms with Gasteiger partial charge in [0.15, 0.2) is 0 Å². The van der Waals surface area contributed by atoms with E-state index in [1.54, 1.807) is 0 Å². The van der Waals surface area contributed by atoms with Crippen molar-refractivity contribution in [2.24, 2.45) is 0 Å². The van der Waals surface area contributed by atoms with Gasteiger partial charge >= 0.3 is 0 Å². The molecule has 0 fully saturated rings. The van der Waals surface area contributed by atoms with Crippen molar-refractivity contribution in [3.8, 4) is 78.6 Å². The first kappa shape index (κ1) is 31.5. The molecule has 11 aromatic rings. The van der Waals surface area contributed by atoms with Gasteiger partial charge in [0.2, 0.25) is 0 Å². The molecule has 0 saturated carbocycles. The minimum Gasteiger partial charge on any atom is -0.456 e. The molecule has 0 spiro atoms. The third-order valence-corrected chi connectivity index (χ3v) is 12.5. The number of hydrogen-bond donors (Lipinski definition) is 0. The highest BCUT2D eigenvalue weighted by Crippen LogP contribution is 2.52. The molecule has 0 bridgehead atoms. The average molecular weight is 737 g/mol. The molecular weight excluding hydrogens is 705 g/mol. The molecule has 0 amide bonds. The third-order valence-electron chi connectivity index (χ3n) is 12.5. The van der Waals surface area contributed by atoms with E-state index in [4.69, 9.17) is 9.47 Å². The van der Waals surface area contributed by atoms with Gasteiger partial charge in [-0.15, -0.1) is 0 Å². The van der Waals surface area contributed by atoms with Crippen molar-refractivity contribution in [2.45, 2.75) is 0 Å². The Balaban J connectivity index is 1.13. The summed E-state index contributed by atoms with van der Waals surface area (Å²) in [4.78, 5) is 0. The van der Waals surface area contributed by atoms with E-state index in [9.17, 15) is 0 Å². The summed E-state index contributed by atoms with van der Waals surface area (Å²) in [6.45, 7) is 0. The molecule has 0 aromatic heterocycles. The zero-order valence-corrected chi connectivity index (χ0v) is 31.3. The Bertz CT molecular complexity index is 3430. The summed E-state index contributed by atoms with van der Waals surface area (Å²) in [5.41, 5.74) is 11.9. The summed E-state index contributed by atoms with van der Waals surface area (Å²) in [5, 5.41) is 12.0. The van der Waals surface area contributed by atoms with Crippen LogP contribution in [0.5, 0.6) is 23.0 Å². The lowest BCUT2D eigenvalue weighted by Crippen LogP contribution is -1.98. The van der Waals surface area contributed by atoms with Crippen LogP contribution in [-0.4, -0.2) is 0 Å². The predicted molar refractivity (Wildman–Crippen MR) is 241 cm³/mol. The van der Waals surface area contributed by atoms with Crippen molar-refractivity contribution < 1.29 is 9.47 Å². The monoisotopic (exact) mass is 736 g/mol. The molecule has 58 heavy (non-hydrogen) atoms. The van der Waals surface area contributed by atoms with Crippen LogP contribution in [0.4, 0.5) is 0 Å². The number of fused-ring (bicyclic) bond motifs is 7. The minimum absolute atomic E-state index is 0.896. The maximum atomic E-state index is 6.54. The minimum atomic E-state index is 0.896. The van der Waals surface area contributed by atoms with E-state index in [2.05, 4.69) is 182 Å². The van der Waals surface area contributed by atoms with Crippen molar-refractivity contribution >= 4 is 53.9 Å². The largest absolute Gasteiger partial charge is 0.456 e. The Morgan fingerprint density at radius 1 is 0.241 bits per heavy atom. The summed E-state index contributed by atoms with van der Waals surface area (Å²) >= 11 is 0. The summed E-state index contributed by atoms with van der Waals surface area (Å²) in [5.74, 6) is 3.59. The Kier molecular flexibility index (Phi) is 6.47. The molecule has 268 valence electrons. The lowest BCUT2D eigenvalue weighted by atomic mass is 9.83. The SMILES string of the molecule is c1ccc2c(c1)Oc1ccc(-c3cccc4c(-c5ccc6ccccc6c5)c5cccc(-c6ccc7c8c(cccc68)Oc6ccccc6-7)c5cc34)c3cccc-2c13. The average Bonchev–Trinajstić information content (AvgIpc) is 3.28. The van der Waals surface area contributed by atoms with Crippen LogP contribution in [0.1, 0.15) is 0 Å². The molecule has 0 atom stereocenters. The van der Waals surface area contributed by atoms with Gasteiger partial charge in [0.05, 0.1) is 0 Å². The summed E-state index contributed by atoms with van der Waals surface area (Å²) < 4.78 is 13.1. The molecule has 13 rings (SSSR count). The van der Waals surface area contributed by atoms with E-state index < -0.39 is 0 Å². The lowest BCUT2D eigenvalue weighted by Gasteiger charge is -2.24. The Hall–Kier alpha value is -7.68. The number of hydrogen-bond acceptors (Lipinski definition) is 2. The molecule has 2 aliphatic rings. The molecule has 0 N–H and O–H groups in total. The molecule has 11 aromatic carbocycles. The Labute approximate surface area is 334 Å². The highest BCUT2D eigenvalue weighted by atomic mass is 16.5. The fourth-order valence-electron chi connectivity index (χ4n) is 9.92. The van der Waals surface area contributed by atoms with Crippen molar-refractivity contribution in [3.05, 3.63) is 194 Å². The van der Waals surface area contributed by atoms with Gasteiger partial charge in [0.1, 0.15) is 23.0 Å². The van der Waals surface area contributed by atoms with Crippen LogP contribution in [0.15, 0.2) is 194 Å². The first-order valence-electron chi connectivity index (χ1n) is 19.9. The second-order valence-corrected chi connectivity index (χ2v) is 15.5. The standard InChI is InChI=1S/C56H32O2/c1-2-12-34-31-35(26-25-33(34)11-1)54-45-19-7-15-36(38-27-28-47-41-14-4-6-23-51(41)57-52-24-10-21-43(38)56(47)52)48(45)32-49-37(16-8-20-46(49)54)39-29-30-53-55-42(39)17-9-18-44(55)40-13-3-5-22-50(40)58-53/h1-32H. The normalized spacial score (nSPS) is 12.4. The van der Waals surface area contributed by atoms with E-state index in [1.165, 1.54) is 87.6 Å². The first-order valence-corrected chi connectivity index (χ1v) is 19.9. The zero-order valence-electron chi connectivity index (χ0n) is 31.3.